The van der Waals surface area contributed by atoms with Gasteiger partial charge in [-0.15, -0.1) is 11.3 Å². The maximum atomic E-state index is 12.2. The molecule has 1 heterocycles. The first-order valence-corrected chi connectivity index (χ1v) is 7.63. The summed E-state index contributed by atoms with van der Waals surface area (Å²) in [6.45, 7) is 1.83. The minimum Gasteiger partial charge on any atom is -0.507 e. The monoisotopic (exact) mass is 310 g/mol. The highest BCUT2D eigenvalue weighted by Gasteiger charge is 2.12. The van der Waals surface area contributed by atoms with Crippen molar-refractivity contribution in [3.05, 3.63) is 64.4 Å². The first-order valence-electron chi connectivity index (χ1n) is 6.75. The maximum absolute atomic E-state index is 12.2. The van der Waals surface area contributed by atoms with Crippen LogP contribution in [0.3, 0.4) is 0 Å². The van der Waals surface area contributed by atoms with Crippen LogP contribution in [0.25, 0.3) is 10.8 Å². The van der Waals surface area contributed by atoms with Gasteiger partial charge in [-0.25, -0.2) is 5.43 Å². The van der Waals surface area contributed by atoms with E-state index in [9.17, 15) is 9.90 Å². The Kier molecular flexibility index (Phi) is 3.89. The van der Waals surface area contributed by atoms with Gasteiger partial charge in [0, 0.05) is 4.88 Å². The molecule has 1 amide bonds. The van der Waals surface area contributed by atoms with Gasteiger partial charge in [-0.3, -0.25) is 4.79 Å². The van der Waals surface area contributed by atoms with E-state index in [0.29, 0.717) is 0 Å². The Hall–Kier alpha value is -2.66. The summed E-state index contributed by atoms with van der Waals surface area (Å²) in [5.41, 5.74) is 3.42. The number of nitrogens with zero attached hydrogens (tertiary/aromatic N) is 1. The Balaban J connectivity index is 1.86. The number of carbonyl (C=O) groups excluding carboxylic acids is 1. The van der Waals surface area contributed by atoms with Gasteiger partial charge in [0.25, 0.3) is 5.91 Å². The Labute approximate surface area is 131 Å². The van der Waals surface area contributed by atoms with Crippen LogP contribution in [-0.2, 0) is 0 Å². The van der Waals surface area contributed by atoms with E-state index < -0.39 is 5.91 Å². The van der Waals surface area contributed by atoms with Gasteiger partial charge >= 0.3 is 0 Å². The average molecular weight is 310 g/mol. The van der Waals surface area contributed by atoms with Gasteiger partial charge in [-0.05, 0) is 41.3 Å². The van der Waals surface area contributed by atoms with Crippen molar-refractivity contribution in [3.63, 3.8) is 0 Å². The van der Waals surface area contributed by atoms with Crippen LogP contribution < -0.4 is 5.43 Å². The summed E-state index contributed by atoms with van der Waals surface area (Å²) in [6.07, 6.45) is 0. The van der Waals surface area contributed by atoms with Gasteiger partial charge in [-0.1, -0.05) is 30.3 Å². The molecule has 0 spiro atoms. The number of fused-ring (bicyclic) bond motifs is 1. The van der Waals surface area contributed by atoms with Crippen molar-refractivity contribution in [2.75, 3.05) is 0 Å². The fourth-order valence-corrected chi connectivity index (χ4v) is 2.82. The van der Waals surface area contributed by atoms with E-state index in [4.69, 9.17) is 0 Å². The lowest BCUT2D eigenvalue weighted by atomic mass is 10.1. The molecule has 0 aliphatic rings. The maximum Gasteiger partial charge on any atom is 0.275 e. The predicted octanol–water partition coefficient (Wildman–Crippen LogP) is 3.76. The quantitative estimate of drug-likeness (QED) is 0.571. The molecule has 0 radical (unpaired) electrons. The summed E-state index contributed by atoms with van der Waals surface area (Å²) < 4.78 is 0. The number of thiophene rings is 1. The number of aromatic hydroxyl groups is 1. The fraction of sp³-hybridized carbons (Fsp3) is 0.0588. The highest BCUT2D eigenvalue weighted by Crippen LogP contribution is 2.24. The molecule has 0 saturated heterocycles. The number of phenols is 1. The second kappa shape index (κ2) is 5.99. The van der Waals surface area contributed by atoms with Crippen LogP contribution in [0.4, 0.5) is 0 Å². The molecule has 0 fully saturated rings. The molecule has 1 aromatic heterocycles. The SMILES string of the molecule is C/C(=N\NC(=O)c1cc2ccccc2cc1O)c1cccs1. The number of amides is 1. The molecule has 3 rings (SSSR count). The summed E-state index contributed by atoms with van der Waals surface area (Å²) in [7, 11) is 0. The Morgan fingerprint density at radius 1 is 1.14 bits per heavy atom. The largest absolute Gasteiger partial charge is 0.507 e. The van der Waals surface area contributed by atoms with Crippen molar-refractivity contribution in [1.29, 1.82) is 0 Å². The van der Waals surface area contributed by atoms with Crippen molar-refractivity contribution >= 4 is 33.7 Å². The summed E-state index contributed by atoms with van der Waals surface area (Å²) in [5.74, 6) is -0.487. The summed E-state index contributed by atoms with van der Waals surface area (Å²) in [5, 5.41) is 17.8. The van der Waals surface area contributed by atoms with Gasteiger partial charge in [-0.2, -0.15) is 5.10 Å². The smallest absolute Gasteiger partial charge is 0.275 e. The molecule has 0 aliphatic carbocycles. The number of hydrogen-bond acceptors (Lipinski definition) is 4. The number of nitrogens with one attached hydrogen (secondary N) is 1. The molecule has 4 nitrogen and oxygen atoms in total. The van der Waals surface area contributed by atoms with E-state index in [2.05, 4.69) is 10.5 Å². The van der Waals surface area contributed by atoms with Crippen molar-refractivity contribution in [2.45, 2.75) is 6.92 Å². The third-order valence-electron chi connectivity index (χ3n) is 3.31. The molecule has 2 aromatic carbocycles. The lowest BCUT2D eigenvalue weighted by Gasteiger charge is -2.06. The molecule has 110 valence electrons. The minimum atomic E-state index is -0.431. The van der Waals surface area contributed by atoms with Gasteiger partial charge in [0.1, 0.15) is 5.75 Å². The predicted molar refractivity (Wildman–Crippen MR) is 89.6 cm³/mol. The number of hydrazone groups is 1. The molecule has 2 N–H and O–H groups in total. The summed E-state index contributed by atoms with van der Waals surface area (Å²) >= 11 is 1.55. The van der Waals surface area contributed by atoms with Crippen LogP contribution in [0.5, 0.6) is 5.75 Å². The number of rotatable bonds is 3. The molecular formula is C17H14N2O2S. The first kappa shape index (κ1) is 14.3. The molecule has 0 atom stereocenters. The van der Waals surface area contributed by atoms with Crippen LogP contribution in [0, 0.1) is 0 Å². The van der Waals surface area contributed by atoms with Crippen LogP contribution in [0.1, 0.15) is 22.2 Å². The zero-order valence-electron chi connectivity index (χ0n) is 11.9. The second-order valence-electron chi connectivity index (χ2n) is 4.83. The molecule has 5 heteroatoms. The number of hydrogen-bond donors (Lipinski definition) is 2. The third-order valence-corrected chi connectivity index (χ3v) is 4.29. The normalized spacial score (nSPS) is 11.6. The van der Waals surface area contributed by atoms with Crippen LogP contribution in [0.15, 0.2) is 59.0 Å². The van der Waals surface area contributed by atoms with Crippen LogP contribution in [-0.4, -0.2) is 16.7 Å². The van der Waals surface area contributed by atoms with Gasteiger partial charge in [0.15, 0.2) is 0 Å². The molecule has 0 unspecified atom stereocenters. The minimum absolute atomic E-state index is 0.0554. The lowest BCUT2D eigenvalue weighted by Crippen LogP contribution is -2.19. The van der Waals surface area contributed by atoms with Crippen molar-refractivity contribution in [3.8, 4) is 5.75 Å². The van der Waals surface area contributed by atoms with E-state index in [0.717, 1.165) is 21.4 Å². The molecule has 0 bridgehead atoms. The van der Waals surface area contributed by atoms with E-state index in [1.54, 1.807) is 23.5 Å². The van der Waals surface area contributed by atoms with Crippen molar-refractivity contribution in [1.82, 2.24) is 5.43 Å². The Morgan fingerprint density at radius 3 is 2.55 bits per heavy atom. The second-order valence-corrected chi connectivity index (χ2v) is 5.78. The molecular weight excluding hydrogens is 296 g/mol. The molecule has 0 aliphatic heterocycles. The molecule has 0 saturated carbocycles. The van der Waals surface area contributed by atoms with Crippen molar-refractivity contribution < 1.29 is 9.90 Å². The van der Waals surface area contributed by atoms with Crippen LogP contribution in [0.2, 0.25) is 0 Å². The highest BCUT2D eigenvalue weighted by atomic mass is 32.1. The zero-order chi connectivity index (χ0) is 15.5. The number of benzene rings is 2. The molecule has 3 aromatic rings. The topological polar surface area (TPSA) is 61.7 Å². The van der Waals surface area contributed by atoms with E-state index in [1.165, 1.54) is 0 Å². The standard InChI is InChI=1S/C17H14N2O2S/c1-11(16-7-4-8-22-16)18-19-17(21)14-9-12-5-2-3-6-13(12)10-15(14)20/h2-10,20H,1H3,(H,19,21)/b18-11+. The highest BCUT2D eigenvalue weighted by molar-refractivity contribution is 7.12. The average Bonchev–Trinajstić information content (AvgIpc) is 3.06. The van der Waals surface area contributed by atoms with Gasteiger partial charge < -0.3 is 5.11 Å². The van der Waals surface area contributed by atoms with Gasteiger partial charge in [0.2, 0.25) is 0 Å². The van der Waals surface area contributed by atoms with E-state index in [-0.39, 0.29) is 11.3 Å². The first-order chi connectivity index (χ1) is 10.6. The van der Waals surface area contributed by atoms with E-state index in [1.807, 2.05) is 48.7 Å². The van der Waals surface area contributed by atoms with Crippen molar-refractivity contribution in [2.24, 2.45) is 5.10 Å². The fourth-order valence-electron chi connectivity index (χ4n) is 2.14. The third kappa shape index (κ3) is 2.84. The van der Waals surface area contributed by atoms with Crippen LogP contribution >= 0.6 is 11.3 Å². The number of carbonyl (C=O) groups is 1. The Morgan fingerprint density at radius 2 is 1.86 bits per heavy atom. The summed E-state index contributed by atoms with van der Waals surface area (Å²) in [6, 6.07) is 14.7. The molecule has 22 heavy (non-hydrogen) atoms. The number of phenolic OH excluding ortho intramolecular Hbond substituents is 1. The van der Waals surface area contributed by atoms with E-state index >= 15 is 0 Å². The summed E-state index contributed by atoms with van der Waals surface area (Å²) in [4.78, 5) is 13.2. The zero-order valence-corrected chi connectivity index (χ0v) is 12.7. The lowest BCUT2D eigenvalue weighted by molar-refractivity contribution is 0.0952. The van der Waals surface area contributed by atoms with Gasteiger partial charge in [0.05, 0.1) is 11.3 Å². The Bertz CT molecular complexity index is 854.